The number of halogens is 3. The maximum Gasteiger partial charge on any atom is 0.406 e. The zero-order chi connectivity index (χ0) is 31.1. The first-order valence-corrected chi connectivity index (χ1v) is 15.6. The summed E-state index contributed by atoms with van der Waals surface area (Å²) in [4.78, 5) is 11.5. The van der Waals surface area contributed by atoms with Crippen LogP contribution < -0.4 is 9.47 Å². The highest BCUT2D eigenvalue weighted by Crippen LogP contribution is 2.51. The monoisotopic (exact) mass is 598 g/mol. The van der Waals surface area contributed by atoms with Gasteiger partial charge in [-0.3, -0.25) is 0 Å². The van der Waals surface area contributed by atoms with Gasteiger partial charge in [0, 0.05) is 22.9 Å². The van der Waals surface area contributed by atoms with Crippen LogP contribution in [0.3, 0.4) is 0 Å². The summed E-state index contributed by atoms with van der Waals surface area (Å²) in [5.41, 5.74) is 4.87. The van der Waals surface area contributed by atoms with Crippen LogP contribution in [0.5, 0.6) is 0 Å². The molecule has 0 saturated carbocycles. The van der Waals surface area contributed by atoms with E-state index in [0.29, 0.717) is 11.4 Å². The number of hydrogen-bond donors (Lipinski definition) is 0. The molecule has 1 aliphatic rings. The van der Waals surface area contributed by atoms with Crippen LogP contribution in [0.4, 0.5) is 18.9 Å². The average molecular weight is 599 g/mol. The van der Waals surface area contributed by atoms with Gasteiger partial charge in [-0.1, -0.05) is 94.1 Å². The number of fused-ring (bicyclic) bond motifs is 5. The molecule has 0 spiro atoms. The van der Waals surface area contributed by atoms with E-state index in [-0.39, 0.29) is 0 Å². The Kier molecular flexibility index (Phi) is 7.95. The van der Waals surface area contributed by atoms with Gasteiger partial charge in [0.2, 0.25) is 5.82 Å². The minimum absolute atomic E-state index is 0.612. The zero-order valence-electron chi connectivity index (χ0n) is 25.8. The Morgan fingerprint density at radius 1 is 0.886 bits per heavy atom. The molecule has 44 heavy (non-hydrogen) atoms. The Morgan fingerprint density at radius 3 is 2.32 bits per heavy atom. The van der Waals surface area contributed by atoms with Gasteiger partial charge in [-0.2, -0.15) is 13.2 Å². The maximum atomic E-state index is 14.0. The second-order valence-corrected chi connectivity index (χ2v) is 12.1. The fourth-order valence-electron chi connectivity index (χ4n) is 6.57. The predicted molar refractivity (Wildman–Crippen MR) is 173 cm³/mol. The molecule has 0 saturated heterocycles. The predicted octanol–water partition coefficient (Wildman–Crippen LogP) is 8.88. The van der Waals surface area contributed by atoms with Crippen molar-refractivity contribution in [2.75, 3.05) is 11.4 Å². The fraction of sp³-hybridized carbons (Fsp3) is 0.361. The summed E-state index contributed by atoms with van der Waals surface area (Å²) in [6.45, 7) is 8.88. The van der Waals surface area contributed by atoms with Crippen LogP contribution >= 0.6 is 0 Å². The average Bonchev–Trinajstić information content (AvgIpc) is 3.39. The van der Waals surface area contributed by atoms with E-state index in [0.717, 1.165) is 83.3 Å². The van der Waals surface area contributed by atoms with Crippen LogP contribution in [-0.2, 0) is 18.5 Å². The smallest absolute Gasteiger partial charge is 0.335 e. The number of para-hydroxylation sites is 2. The van der Waals surface area contributed by atoms with Gasteiger partial charge in [0.15, 0.2) is 5.52 Å². The van der Waals surface area contributed by atoms with E-state index in [1.807, 2.05) is 92.7 Å². The van der Waals surface area contributed by atoms with E-state index in [2.05, 4.69) is 23.0 Å². The third-order valence-corrected chi connectivity index (χ3v) is 8.66. The minimum Gasteiger partial charge on any atom is -0.335 e. The maximum absolute atomic E-state index is 14.0. The summed E-state index contributed by atoms with van der Waals surface area (Å²) >= 11 is 0. The van der Waals surface area contributed by atoms with E-state index >= 15 is 0 Å². The van der Waals surface area contributed by atoms with Gasteiger partial charge in [0.05, 0.1) is 13.1 Å². The Hall–Kier alpha value is -4.20. The summed E-state index contributed by atoms with van der Waals surface area (Å²) in [6.07, 6.45) is 5.44. The van der Waals surface area contributed by atoms with E-state index < -0.39 is 18.1 Å². The quantitative estimate of drug-likeness (QED) is 0.159. The van der Waals surface area contributed by atoms with Crippen molar-refractivity contribution in [2.24, 2.45) is 0 Å². The normalized spacial score (nSPS) is 15.9. The highest BCUT2D eigenvalue weighted by molar-refractivity contribution is 5.95. The molecule has 0 amide bonds. The summed E-state index contributed by atoms with van der Waals surface area (Å²) in [7, 11) is 0. The lowest BCUT2D eigenvalue weighted by molar-refractivity contribution is -0.676. The first-order chi connectivity index (χ1) is 21.1. The number of alkyl halides is 3. The summed E-state index contributed by atoms with van der Waals surface area (Å²) in [5.74, 6) is 0.954. The number of allylic oxidation sites excluding steroid dienone is 3. The first-order valence-electron chi connectivity index (χ1n) is 15.6. The molecule has 0 radical (unpaired) electrons. The number of hydrogen-bond acceptors (Lipinski definition) is 3. The van der Waals surface area contributed by atoms with Crippen molar-refractivity contribution in [3.05, 3.63) is 89.9 Å². The van der Waals surface area contributed by atoms with E-state index in [1.165, 1.54) is 4.90 Å². The van der Waals surface area contributed by atoms with E-state index in [1.54, 1.807) is 0 Å². The number of imidazole rings is 1. The molecule has 8 heteroatoms. The number of unbranched alkanes of at least 4 members (excludes halogenated alkanes) is 2. The first kappa shape index (κ1) is 29.9. The van der Waals surface area contributed by atoms with Crippen LogP contribution in [0.15, 0.2) is 78.5 Å². The summed E-state index contributed by atoms with van der Waals surface area (Å²) in [5, 5.41) is 2.00. The third-order valence-electron chi connectivity index (χ3n) is 8.66. The Labute approximate surface area is 256 Å². The number of rotatable bonds is 9. The van der Waals surface area contributed by atoms with E-state index in [4.69, 9.17) is 9.97 Å². The molecule has 5 aromatic rings. The molecule has 0 fully saturated rings. The molecule has 0 aliphatic carbocycles. The molecule has 3 heterocycles. The van der Waals surface area contributed by atoms with Gasteiger partial charge < -0.3 is 4.90 Å². The van der Waals surface area contributed by atoms with Crippen molar-refractivity contribution in [3.8, 4) is 0 Å². The van der Waals surface area contributed by atoms with E-state index in [9.17, 15) is 13.2 Å². The van der Waals surface area contributed by atoms with Crippen molar-refractivity contribution >= 4 is 44.9 Å². The molecular formula is C36H39F3N5+. The lowest BCUT2D eigenvalue weighted by Crippen LogP contribution is -2.37. The Morgan fingerprint density at radius 2 is 1.59 bits per heavy atom. The molecule has 0 N–H and O–H groups in total. The van der Waals surface area contributed by atoms with Crippen LogP contribution in [0.1, 0.15) is 64.8 Å². The van der Waals surface area contributed by atoms with Gasteiger partial charge in [0.25, 0.3) is 5.65 Å². The van der Waals surface area contributed by atoms with Crippen molar-refractivity contribution in [1.82, 2.24) is 14.5 Å². The van der Waals surface area contributed by atoms with Crippen LogP contribution in [-0.4, -0.2) is 27.3 Å². The van der Waals surface area contributed by atoms with Gasteiger partial charge in [-0.25, -0.2) is 14.1 Å². The number of aryl methyl sites for hydroxylation is 2. The summed E-state index contributed by atoms with van der Waals surface area (Å²) < 4.78 is 46.4. The van der Waals surface area contributed by atoms with Crippen molar-refractivity contribution in [3.63, 3.8) is 0 Å². The fourth-order valence-corrected chi connectivity index (χ4v) is 6.57. The molecule has 6 rings (SSSR count). The highest BCUT2D eigenvalue weighted by Gasteiger charge is 2.45. The molecule has 5 nitrogen and oxygen atoms in total. The van der Waals surface area contributed by atoms with Crippen LogP contribution in [0, 0.1) is 0 Å². The number of nitrogens with zero attached hydrogens (tertiary/aromatic N) is 5. The van der Waals surface area contributed by atoms with Gasteiger partial charge in [0.1, 0.15) is 12.1 Å². The van der Waals surface area contributed by atoms with Crippen molar-refractivity contribution < 1.29 is 17.7 Å². The molecule has 0 unspecified atom stereocenters. The second-order valence-electron chi connectivity index (χ2n) is 12.1. The zero-order valence-corrected chi connectivity index (χ0v) is 25.8. The lowest BCUT2D eigenvalue weighted by atomic mass is 9.81. The Bertz CT molecular complexity index is 1830. The van der Waals surface area contributed by atoms with Gasteiger partial charge in [-0.15, -0.1) is 0 Å². The Balaban J connectivity index is 1.51. The molecule has 1 aliphatic heterocycles. The van der Waals surface area contributed by atoms with Crippen molar-refractivity contribution in [2.45, 2.75) is 78.1 Å². The van der Waals surface area contributed by atoms with Crippen molar-refractivity contribution in [1.29, 1.82) is 0 Å². The molecule has 2 aromatic heterocycles. The van der Waals surface area contributed by atoms with Gasteiger partial charge >= 0.3 is 11.8 Å². The lowest BCUT2D eigenvalue weighted by Gasteiger charge is -2.27. The topological polar surface area (TPSA) is 37.8 Å². The summed E-state index contributed by atoms with van der Waals surface area (Å²) in [6, 6.07) is 19.6. The van der Waals surface area contributed by atoms with Crippen LogP contribution in [0.25, 0.3) is 39.2 Å². The SMILES string of the molecule is CCCCn1c(C=CC=C2N(CC(F)(F)F)c3ccc4ccccc4c3C2(C)C)[n+](CCCC)c2nc3ccccc3nc21. The largest absolute Gasteiger partial charge is 0.406 e. The van der Waals surface area contributed by atoms with Crippen LogP contribution in [0.2, 0.25) is 0 Å². The minimum atomic E-state index is -4.36. The number of benzene rings is 3. The third kappa shape index (κ3) is 5.35. The molecule has 3 aromatic carbocycles. The standard InChI is InChI=1S/C36H39F3N5/c1-5-7-22-42-31(43(23-8-6-2)34-33(42)40-27-16-11-12-17-28(27)41-34)19-13-18-30-35(3,4)32-26-15-10-9-14-25(26)20-21-29(32)44(30)24-36(37,38)39/h9-21H,5-8,22-24H2,1-4H3/q+1. The second kappa shape index (κ2) is 11.7. The molecular weight excluding hydrogens is 559 g/mol. The highest BCUT2D eigenvalue weighted by atomic mass is 19.4. The number of aromatic nitrogens is 4. The van der Waals surface area contributed by atoms with Gasteiger partial charge in [-0.05, 0) is 53.5 Å². The molecule has 0 bridgehead atoms. The molecule has 0 atom stereocenters. The molecule has 228 valence electrons. The number of anilines is 1.